The van der Waals surface area contributed by atoms with Gasteiger partial charge in [-0.05, 0) is 31.0 Å². The molecule has 1 aromatic rings. The molecule has 0 radical (unpaired) electrons. The molecule has 0 aromatic heterocycles. The van der Waals surface area contributed by atoms with E-state index in [4.69, 9.17) is 21.1 Å². The fourth-order valence-electron chi connectivity index (χ4n) is 1.29. The molecule has 2 nitrogen and oxygen atoms in total. The Bertz CT molecular complexity index is 297. The summed E-state index contributed by atoms with van der Waals surface area (Å²) in [7, 11) is 0. The lowest BCUT2D eigenvalue weighted by Crippen LogP contribution is -1.99. The maximum Gasteiger partial charge on any atom is 0.120 e. The van der Waals surface area contributed by atoms with E-state index in [1.165, 1.54) is 0 Å². The highest BCUT2D eigenvalue weighted by Gasteiger charge is 2.21. The molecule has 3 heteroatoms. The van der Waals surface area contributed by atoms with Crippen LogP contribution in [-0.4, -0.2) is 19.3 Å². The minimum absolute atomic E-state index is 0.498. The van der Waals surface area contributed by atoms with Crippen LogP contribution in [0.5, 0.6) is 5.75 Å². The van der Waals surface area contributed by atoms with E-state index < -0.39 is 0 Å². The molecule has 76 valence electrons. The third-order valence-corrected chi connectivity index (χ3v) is 2.37. The van der Waals surface area contributed by atoms with Gasteiger partial charge in [-0.15, -0.1) is 0 Å². The molecule has 1 atom stereocenters. The molecular formula is C11H13ClO2. The van der Waals surface area contributed by atoms with E-state index in [0.717, 1.165) is 31.8 Å². The quantitative estimate of drug-likeness (QED) is 0.553. The Hall–Kier alpha value is -0.730. The van der Waals surface area contributed by atoms with E-state index in [1.807, 2.05) is 24.3 Å². The molecule has 0 amide bonds. The molecule has 2 rings (SSSR count). The fourth-order valence-corrected chi connectivity index (χ4v) is 1.47. The van der Waals surface area contributed by atoms with Gasteiger partial charge in [0.2, 0.25) is 0 Å². The Kier molecular flexibility index (Phi) is 3.27. The number of benzene rings is 1. The SMILES string of the molecule is Clc1cccc(OCCCC2CO2)c1. The highest BCUT2D eigenvalue weighted by molar-refractivity contribution is 6.30. The normalized spacial score (nSPS) is 19.4. The molecule has 0 saturated carbocycles. The Morgan fingerprint density at radius 1 is 1.50 bits per heavy atom. The number of rotatable bonds is 5. The summed E-state index contributed by atoms with van der Waals surface area (Å²) in [6, 6.07) is 7.48. The van der Waals surface area contributed by atoms with Crippen molar-refractivity contribution < 1.29 is 9.47 Å². The molecule has 0 N–H and O–H groups in total. The van der Waals surface area contributed by atoms with Crippen molar-refractivity contribution in [2.24, 2.45) is 0 Å². The Labute approximate surface area is 88.8 Å². The molecule has 1 fully saturated rings. The zero-order valence-corrected chi connectivity index (χ0v) is 8.67. The van der Waals surface area contributed by atoms with E-state index in [0.29, 0.717) is 11.1 Å². The summed E-state index contributed by atoms with van der Waals surface area (Å²) in [4.78, 5) is 0. The van der Waals surface area contributed by atoms with E-state index in [-0.39, 0.29) is 0 Å². The van der Waals surface area contributed by atoms with Crippen LogP contribution in [0.3, 0.4) is 0 Å². The van der Waals surface area contributed by atoms with E-state index in [2.05, 4.69) is 0 Å². The Morgan fingerprint density at radius 2 is 2.36 bits per heavy atom. The van der Waals surface area contributed by atoms with Crippen molar-refractivity contribution in [1.29, 1.82) is 0 Å². The molecule has 14 heavy (non-hydrogen) atoms. The highest BCUT2D eigenvalue weighted by Crippen LogP contribution is 2.19. The van der Waals surface area contributed by atoms with Crippen molar-refractivity contribution in [3.05, 3.63) is 29.3 Å². The molecule has 0 bridgehead atoms. The first kappa shape index (κ1) is 9.81. The van der Waals surface area contributed by atoms with Crippen molar-refractivity contribution in [1.82, 2.24) is 0 Å². The van der Waals surface area contributed by atoms with Gasteiger partial charge >= 0.3 is 0 Å². The predicted octanol–water partition coefficient (Wildman–Crippen LogP) is 2.90. The average molecular weight is 213 g/mol. The lowest BCUT2D eigenvalue weighted by molar-refractivity contribution is 0.294. The molecule has 1 aliphatic rings. The number of hydrogen-bond donors (Lipinski definition) is 0. The molecule has 0 spiro atoms. The maximum absolute atomic E-state index is 5.82. The minimum atomic E-state index is 0.498. The first-order valence-corrected chi connectivity index (χ1v) is 5.22. The topological polar surface area (TPSA) is 21.8 Å². The van der Waals surface area contributed by atoms with Crippen molar-refractivity contribution in [3.63, 3.8) is 0 Å². The van der Waals surface area contributed by atoms with Crippen LogP contribution in [0.1, 0.15) is 12.8 Å². The predicted molar refractivity (Wildman–Crippen MR) is 55.9 cm³/mol. The third-order valence-electron chi connectivity index (χ3n) is 2.14. The molecule has 1 unspecified atom stereocenters. The molecule has 1 aromatic carbocycles. The molecule has 1 aliphatic heterocycles. The minimum Gasteiger partial charge on any atom is -0.494 e. The number of halogens is 1. The summed E-state index contributed by atoms with van der Waals surface area (Å²) in [6.45, 7) is 1.66. The Balaban J connectivity index is 1.68. The van der Waals surface area contributed by atoms with Gasteiger partial charge in [-0.3, -0.25) is 0 Å². The zero-order valence-electron chi connectivity index (χ0n) is 7.91. The highest BCUT2D eigenvalue weighted by atomic mass is 35.5. The summed E-state index contributed by atoms with van der Waals surface area (Å²) in [5.41, 5.74) is 0. The zero-order chi connectivity index (χ0) is 9.80. The van der Waals surface area contributed by atoms with Gasteiger partial charge in [0, 0.05) is 5.02 Å². The van der Waals surface area contributed by atoms with Crippen LogP contribution in [-0.2, 0) is 4.74 Å². The fraction of sp³-hybridized carbons (Fsp3) is 0.455. The van der Waals surface area contributed by atoms with Crippen LogP contribution in [0.4, 0.5) is 0 Å². The van der Waals surface area contributed by atoms with Gasteiger partial charge in [0.15, 0.2) is 0 Å². The number of ether oxygens (including phenoxy) is 2. The van der Waals surface area contributed by atoms with E-state index in [1.54, 1.807) is 0 Å². The molecule has 1 saturated heterocycles. The van der Waals surface area contributed by atoms with E-state index in [9.17, 15) is 0 Å². The smallest absolute Gasteiger partial charge is 0.120 e. The summed E-state index contributed by atoms with van der Waals surface area (Å²) in [6.07, 6.45) is 2.63. The van der Waals surface area contributed by atoms with Crippen LogP contribution in [0, 0.1) is 0 Å². The third kappa shape index (κ3) is 3.20. The summed E-state index contributed by atoms with van der Waals surface area (Å²) < 4.78 is 10.6. The summed E-state index contributed by atoms with van der Waals surface area (Å²) >= 11 is 5.82. The van der Waals surface area contributed by atoms with Crippen LogP contribution < -0.4 is 4.74 Å². The standard InChI is InChI=1S/C11H13ClO2/c12-9-3-1-4-10(7-9)13-6-2-5-11-8-14-11/h1,3-4,7,11H,2,5-6,8H2. The number of epoxide rings is 1. The van der Waals surface area contributed by atoms with Gasteiger partial charge in [0.1, 0.15) is 5.75 Å². The Morgan fingerprint density at radius 3 is 3.07 bits per heavy atom. The second kappa shape index (κ2) is 4.67. The van der Waals surface area contributed by atoms with Gasteiger partial charge < -0.3 is 9.47 Å². The van der Waals surface area contributed by atoms with Crippen LogP contribution in [0.15, 0.2) is 24.3 Å². The van der Waals surface area contributed by atoms with Crippen molar-refractivity contribution in [2.75, 3.05) is 13.2 Å². The van der Waals surface area contributed by atoms with Gasteiger partial charge in [-0.1, -0.05) is 17.7 Å². The van der Waals surface area contributed by atoms with E-state index >= 15 is 0 Å². The van der Waals surface area contributed by atoms with Gasteiger partial charge in [-0.2, -0.15) is 0 Å². The van der Waals surface area contributed by atoms with Crippen LogP contribution in [0.25, 0.3) is 0 Å². The second-order valence-electron chi connectivity index (χ2n) is 3.40. The van der Waals surface area contributed by atoms with Gasteiger partial charge in [0.25, 0.3) is 0 Å². The summed E-state index contributed by atoms with van der Waals surface area (Å²) in [5.74, 6) is 0.842. The van der Waals surface area contributed by atoms with Gasteiger partial charge in [0.05, 0.1) is 19.3 Å². The second-order valence-corrected chi connectivity index (χ2v) is 3.84. The molecular weight excluding hydrogens is 200 g/mol. The van der Waals surface area contributed by atoms with Crippen LogP contribution in [0.2, 0.25) is 5.02 Å². The molecule has 0 aliphatic carbocycles. The summed E-state index contributed by atoms with van der Waals surface area (Å²) in [5, 5.41) is 0.716. The monoisotopic (exact) mass is 212 g/mol. The van der Waals surface area contributed by atoms with Crippen molar-refractivity contribution in [2.45, 2.75) is 18.9 Å². The number of hydrogen-bond acceptors (Lipinski definition) is 2. The van der Waals surface area contributed by atoms with Crippen molar-refractivity contribution >= 4 is 11.6 Å². The first-order chi connectivity index (χ1) is 6.84. The largest absolute Gasteiger partial charge is 0.494 e. The maximum atomic E-state index is 5.82. The molecule has 1 heterocycles. The lowest BCUT2D eigenvalue weighted by atomic mass is 10.2. The first-order valence-electron chi connectivity index (χ1n) is 4.84. The van der Waals surface area contributed by atoms with Gasteiger partial charge in [-0.25, -0.2) is 0 Å². The average Bonchev–Trinajstić information content (AvgIpc) is 2.96. The lowest BCUT2D eigenvalue weighted by Gasteiger charge is -2.05. The van der Waals surface area contributed by atoms with Crippen molar-refractivity contribution in [3.8, 4) is 5.75 Å². The van der Waals surface area contributed by atoms with Crippen LogP contribution >= 0.6 is 11.6 Å².